The molecule has 1 aromatic heterocycles. The molecule has 1 heterocycles. The van der Waals surface area contributed by atoms with Crippen molar-refractivity contribution in [3.63, 3.8) is 0 Å². The van der Waals surface area contributed by atoms with E-state index < -0.39 is 0 Å². The van der Waals surface area contributed by atoms with Gasteiger partial charge in [0.1, 0.15) is 5.82 Å². The smallest absolute Gasteiger partial charge is 0.225 e. The minimum atomic E-state index is 0.101. The van der Waals surface area contributed by atoms with Crippen LogP contribution in [0.1, 0.15) is 27.7 Å². The van der Waals surface area contributed by atoms with Gasteiger partial charge in [-0.3, -0.25) is 0 Å². The summed E-state index contributed by atoms with van der Waals surface area (Å²) in [5.74, 6) is 1.87. The number of nitrogens with zero attached hydrogens (tertiary/aromatic N) is 2. The van der Waals surface area contributed by atoms with Crippen molar-refractivity contribution in [2.24, 2.45) is 5.92 Å². The number of ether oxygens (including phenoxy) is 1. The van der Waals surface area contributed by atoms with E-state index >= 15 is 0 Å². The zero-order chi connectivity index (χ0) is 12.1. The summed E-state index contributed by atoms with van der Waals surface area (Å²) in [6, 6.07) is 1.76. The molecule has 0 saturated carbocycles. The maximum atomic E-state index is 5.67. The lowest BCUT2D eigenvalue weighted by Gasteiger charge is -2.17. The third-order valence-corrected chi connectivity index (χ3v) is 2.32. The molecule has 0 aliphatic heterocycles. The lowest BCUT2D eigenvalue weighted by atomic mass is 10.1. The quantitative estimate of drug-likeness (QED) is 0.799. The van der Waals surface area contributed by atoms with Crippen LogP contribution in [0.25, 0.3) is 0 Å². The van der Waals surface area contributed by atoms with Gasteiger partial charge in [0.15, 0.2) is 0 Å². The number of nitrogens with one attached hydrogen (secondary N) is 1. The van der Waals surface area contributed by atoms with Gasteiger partial charge >= 0.3 is 0 Å². The predicted molar refractivity (Wildman–Crippen MR) is 65.5 cm³/mol. The molecule has 0 saturated heterocycles. The molecule has 90 valence electrons. The van der Waals surface area contributed by atoms with Crippen molar-refractivity contribution in [3.8, 4) is 5.88 Å². The monoisotopic (exact) mass is 224 g/mol. The molecule has 0 radical (unpaired) electrons. The van der Waals surface area contributed by atoms with Crippen LogP contribution in [0.3, 0.4) is 0 Å². The Morgan fingerprint density at radius 1 is 1.38 bits per heavy atom. The summed E-state index contributed by atoms with van der Waals surface area (Å²) < 4.78 is 5.67. The fraction of sp³-hybridized carbons (Fsp3) is 0.636. The van der Waals surface area contributed by atoms with Crippen LogP contribution in [-0.2, 0) is 0 Å². The van der Waals surface area contributed by atoms with E-state index in [-0.39, 0.29) is 12.1 Å². The third-order valence-electron chi connectivity index (χ3n) is 2.32. The standard InChI is InChI=1S/C11H20N4O/c1-5-13-9-6-10(15-11(12)14-9)16-8(4)7(2)3/h6-8H,5H2,1-4H3,(H3,12,13,14,15). The molecule has 1 unspecified atom stereocenters. The minimum Gasteiger partial charge on any atom is -0.474 e. The van der Waals surface area contributed by atoms with Crippen LogP contribution in [-0.4, -0.2) is 22.6 Å². The lowest BCUT2D eigenvalue weighted by molar-refractivity contribution is 0.163. The Bertz CT molecular complexity index is 341. The summed E-state index contributed by atoms with van der Waals surface area (Å²) in [5.41, 5.74) is 5.60. The van der Waals surface area contributed by atoms with Crippen molar-refractivity contribution in [2.75, 3.05) is 17.6 Å². The van der Waals surface area contributed by atoms with Gasteiger partial charge in [0.25, 0.3) is 0 Å². The van der Waals surface area contributed by atoms with Gasteiger partial charge in [0.2, 0.25) is 11.8 Å². The zero-order valence-electron chi connectivity index (χ0n) is 10.3. The molecule has 1 aromatic rings. The molecule has 0 fully saturated rings. The average Bonchev–Trinajstić information content (AvgIpc) is 2.16. The molecule has 0 spiro atoms. The van der Waals surface area contributed by atoms with Crippen LogP contribution in [0, 0.1) is 5.92 Å². The number of nitrogen functional groups attached to an aromatic ring is 1. The highest BCUT2D eigenvalue weighted by atomic mass is 16.5. The summed E-state index contributed by atoms with van der Waals surface area (Å²) in [6.07, 6.45) is 0.101. The molecule has 0 aliphatic carbocycles. The molecule has 0 bridgehead atoms. The van der Waals surface area contributed by atoms with E-state index in [1.165, 1.54) is 0 Å². The number of nitrogens with two attached hydrogens (primary N) is 1. The molecule has 0 aromatic carbocycles. The van der Waals surface area contributed by atoms with Crippen LogP contribution in [0.5, 0.6) is 5.88 Å². The fourth-order valence-electron chi connectivity index (χ4n) is 1.10. The molecule has 0 aliphatic rings. The van der Waals surface area contributed by atoms with Gasteiger partial charge in [-0.25, -0.2) is 0 Å². The number of anilines is 2. The molecular weight excluding hydrogens is 204 g/mol. The van der Waals surface area contributed by atoms with Crippen molar-refractivity contribution in [1.29, 1.82) is 0 Å². The van der Waals surface area contributed by atoms with Gasteiger partial charge in [-0.15, -0.1) is 0 Å². The summed E-state index contributed by atoms with van der Waals surface area (Å²) in [4.78, 5) is 8.09. The summed E-state index contributed by atoms with van der Waals surface area (Å²) in [7, 11) is 0. The van der Waals surface area contributed by atoms with Crippen molar-refractivity contribution in [1.82, 2.24) is 9.97 Å². The first-order valence-electron chi connectivity index (χ1n) is 5.58. The van der Waals surface area contributed by atoms with Gasteiger partial charge in [-0.2, -0.15) is 9.97 Å². The van der Waals surface area contributed by atoms with Crippen LogP contribution < -0.4 is 15.8 Å². The Morgan fingerprint density at radius 2 is 2.06 bits per heavy atom. The first kappa shape index (κ1) is 12.5. The minimum absolute atomic E-state index is 0.101. The predicted octanol–water partition coefficient (Wildman–Crippen LogP) is 1.91. The SMILES string of the molecule is CCNc1cc(OC(C)C(C)C)nc(N)n1. The zero-order valence-corrected chi connectivity index (χ0v) is 10.3. The lowest BCUT2D eigenvalue weighted by Crippen LogP contribution is -2.19. The van der Waals surface area contributed by atoms with E-state index in [1.807, 2.05) is 13.8 Å². The number of aromatic nitrogens is 2. The van der Waals surface area contributed by atoms with E-state index in [0.29, 0.717) is 17.6 Å². The Hall–Kier alpha value is -1.52. The van der Waals surface area contributed by atoms with Crippen molar-refractivity contribution in [3.05, 3.63) is 6.07 Å². The van der Waals surface area contributed by atoms with Gasteiger partial charge < -0.3 is 15.8 Å². The normalized spacial score (nSPS) is 12.6. The van der Waals surface area contributed by atoms with Gasteiger partial charge in [-0.1, -0.05) is 13.8 Å². The fourth-order valence-corrected chi connectivity index (χ4v) is 1.10. The van der Waals surface area contributed by atoms with Crippen LogP contribution in [0.2, 0.25) is 0 Å². The molecule has 16 heavy (non-hydrogen) atoms. The number of hydrogen-bond acceptors (Lipinski definition) is 5. The molecule has 5 nitrogen and oxygen atoms in total. The molecule has 1 rings (SSSR count). The van der Waals surface area contributed by atoms with Crippen molar-refractivity contribution >= 4 is 11.8 Å². The molecule has 3 N–H and O–H groups in total. The average molecular weight is 224 g/mol. The second-order valence-electron chi connectivity index (χ2n) is 4.05. The molecule has 0 amide bonds. The van der Waals surface area contributed by atoms with Crippen LogP contribution in [0.15, 0.2) is 6.07 Å². The number of hydrogen-bond donors (Lipinski definition) is 2. The van der Waals surface area contributed by atoms with E-state index in [2.05, 4.69) is 29.1 Å². The van der Waals surface area contributed by atoms with E-state index in [1.54, 1.807) is 6.07 Å². The Labute approximate surface area is 96.4 Å². The highest BCUT2D eigenvalue weighted by molar-refractivity contribution is 5.42. The Kier molecular flexibility index (Phi) is 4.34. The van der Waals surface area contributed by atoms with E-state index in [9.17, 15) is 0 Å². The second-order valence-corrected chi connectivity index (χ2v) is 4.05. The largest absolute Gasteiger partial charge is 0.474 e. The van der Waals surface area contributed by atoms with Gasteiger partial charge in [-0.05, 0) is 19.8 Å². The van der Waals surface area contributed by atoms with Crippen molar-refractivity contribution < 1.29 is 4.74 Å². The maximum Gasteiger partial charge on any atom is 0.225 e. The Balaban J connectivity index is 2.79. The molecule has 1 atom stereocenters. The first-order chi connectivity index (χ1) is 7.52. The first-order valence-corrected chi connectivity index (χ1v) is 5.58. The second kappa shape index (κ2) is 5.53. The Morgan fingerprint density at radius 3 is 2.62 bits per heavy atom. The van der Waals surface area contributed by atoms with Gasteiger partial charge in [0, 0.05) is 12.6 Å². The topological polar surface area (TPSA) is 73.1 Å². The van der Waals surface area contributed by atoms with Crippen LogP contribution >= 0.6 is 0 Å². The van der Waals surface area contributed by atoms with Crippen molar-refractivity contribution in [2.45, 2.75) is 33.8 Å². The van der Waals surface area contributed by atoms with E-state index in [0.717, 1.165) is 6.54 Å². The molecule has 5 heteroatoms. The third kappa shape index (κ3) is 3.56. The van der Waals surface area contributed by atoms with Gasteiger partial charge in [0.05, 0.1) is 6.10 Å². The molecular formula is C11H20N4O. The summed E-state index contributed by atoms with van der Waals surface area (Å²) >= 11 is 0. The summed E-state index contributed by atoms with van der Waals surface area (Å²) in [5, 5.41) is 3.08. The van der Waals surface area contributed by atoms with Crippen LogP contribution in [0.4, 0.5) is 11.8 Å². The number of rotatable bonds is 5. The highest BCUT2D eigenvalue weighted by Crippen LogP contribution is 2.17. The van der Waals surface area contributed by atoms with E-state index in [4.69, 9.17) is 10.5 Å². The maximum absolute atomic E-state index is 5.67. The highest BCUT2D eigenvalue weighted by Gasteiger charge is 2.11. The summed E-state index contributed by atoms with van der Waals surface area (Å²) in [6.45, 7) is 8.99.